The molecule has 0 unspecified atom stereocenters. The van der Waals surface area contributed by atoms with Gasteiger partial charge < -0.3 is 10.2 Å². The number of nitrogens with one attached hydrogen (secondary N) is 1. The highest BCUT2D eigenvalue weighted by Crippen LogP contribution is 2.44. The lowest BCUT2D eigenvalue weighted by Crippen LogP contribution is -2.47. The van der Waals surface area contributed by atoms with E-state index in [2.05, 4.69) is 17.5 Å². The zero-order chi connectivity index (χ0) is 14.1. The van der Waals surface area contributed by atoms with Crippen molar-refractivity contribution in [3.8, 4) is 12.1 Å². The Kier molecular flexibility index (Phi) is 3.63. The molecule has 3 aliphatic rings. The lowest BCUT2D eigenvalue weighted by Gasteiger charge is -2.25. The van der Waals surface area contributed by atoms with Crippen LogP contribution in [0.25, 0.3) is 0 Å². The van der Waals surface area contributed by atoms with Crippen LogP contribution in [-0.2, 0) is 4.79 Å². The van der Waals surface area contributed by atoms with Crippen molar-refractivity contribution in [2.75, 3.05) is 6.54 Å². The van der Waals surface area contributed by atoms with Gasteiger partial charge in [-0.25, -0.2) is 0 Å². The van der Waals surface area contributed by atoms with Crippen molar-refractivity contribution in [1.29, 1.82) is 10.5 Å². The maximum absolute atomic E-state index is 12.3. The third kappa shape index (κ3) is 2.64. The number of likely N-dealkylation sites (tertiary alicyclic amines) is 1. The van der Waals surface area contributed by atoms with E-state index in [-0.39, 0.29) is 12.5 Å². The second kappa shape index (κ2) is 5.42. The van der Waals surface area contributed by atoms with Gasteiger partial charge in [0.05, 0.1) is 18.7 Å². The molecule has 1 aliphatic heterocycles. The molecule has 3 fully saturated rings. The quantitative estimate of drug-likeness (QED) is 0.814. The van der Waals surface area contributed by atoms with Crippen LogP contribution < -0.4 is 5.32 Å². The molecule has 2 saturated carbocycles. The molecule has 0 aromatic heterocycles. The van der Waals surface area contributed by atoms with Crippen molar-refractivity contribution in [1.82, 2.24) is 10.2 Å². The number of amides is 1. The molecule has 0 aromatic rings. The summed E-state index contributed by atoms with van der Waals surface area (Å²) in [5.74, 6) is 1.40. The van der Waals surface area contributed by atoms with E-state index >= 15 is 0 Å². The van der Waals surface area contributed by atoms with Crippen molar-refractivity contribution in [3.05, 3.63) is 0 Å². The van der Waals surface area contributed by atoms with Crippen LogP contribution in [0.5, 0.6) is 0 Å². The highest BCUT2D eigenvalue weighted by Gasteiger charge is 2.42. The fourth-order valence-electron chi connectivity index (χ4n) is 3.34. The van der Waals surface area contributed by atoms with Gasteiger partial charge in [0.25, 0.3) is 0 Å². The van der Waals surface area contributed by atoms with Crippen LogP contribution in [0.2, 0.25) is 0 Å². The number of carbonyl (C=O) groups excluding carboxylic acids is 1. The van der Waals surface area contributed by atoms with E-state index in [1.807, 2.05) is 0 Å². The average Bonchev–Trinajstić information content (AvgIpc) is 3.37. The Labute approximate surface area is 119 Å². The van der Waals surface area contributed by atoms with Crippen molar-refractivity contribution < 1.29 is 4.79 Å². The summed E-state index contributed by atoms with van der Waals surface area (Å²) in [6.45, 7) is 0.272. The molecule has 3 rings (SSSR count). The molecule has 0 bridgehead atoms. The van der Waals surface area contributed by atoms with E-state index in [1.165, 1.54) is 30.6 Å². The molecule has 5 heteroatoms. The molecule has 0 spiro atoms. The van der Waals surface area contributed by atoms with Crippen LogP contribution >= 0.6 is 0 Å². The molecule has 1 heterocycles. The first-order valence-electron chi connectivity index (χ1n) is 7.58. The Morgan fingerprint density at radius 1 is 1.05 bits per heavy atom. The lowest BCUT2D eigenvalue weighted by molar-refractivity contribution is -0.131. The van der Waals surface area contributed by atoms with E-state index in [1.54, 1.807) is 0 Å². The first-order chi connectivity index (χ1) is 9.74. The number of carbonyl (C=O) groups is 1. The van der Waals surface area contributed by atoms with E-state index in [9.17, 15) is 4.79 Å². The Hall–Kier alpha value is -1.59. The van der Waals surface area contributed by atoms with Gasteiger partial charge in [-0.3, -0.25) is 4.79 Å². The minimum Gasteiger partial charge on any atom is -0.310 e. The second-order valence-electron chi connectivity index (χ2n) is 6.25. The molecule has 0 aromatic carbocycles. The standard InChI is InChI=1S/C15H20N4O/c16-7-12-5-6-13(8-17)19(12)14(20)9-18-15(10-1-2-10)11-3-4-11/h10-13,15,18H,1-6,9H2/t12-,13+. The van der Waals surface area contributed by atoms with Crippen molar-refractivity contribution >= 4 is 5.91 Å². The van der Waals surface area contributed by atoms with Crippen LogP contribution in [0.1, 0.15) is 38.5 Å². The summed E-state index contributed by atoms with van der Waals surface area (Å²) < 4.78 is 0. The molecule has 106 valence electrons. The molecule has 5 nitrogen and oxygen atoms in total. The fraction of sp³-hybridized carbons (Fsp3) is 0.800. The van der Waals surface area contributed by atoms with Crippen LogP contribution in [0.4, 0.5) is 0 Å². The number of hydrogen-bond acceptors (Lipinski definition) is 4. The maximum atomic E-state index is 12.3. The number of nitrogens with zero attached hydrogens (tertiary/aromatic N) is 3. The van der Waals surface area contributed by atoms with Gasteiger partial charge in [0.2, 0.25) is 5.91 Å². The predicted molar refractivity (Wildman–Crippen MR) is 72.1 cm³/mol. The van der Waals surface area contributed by atoms with Gasteiger partial charge in [-0.1, -0.05) is 0 Å². The molecule has 1 N–H and O–H groups in total. The van der Waals surface area contributed by atoms with Crippen LogP contribution in [0.15, 0.2) is 0 Å². The Morgan fingerprint density at radius 2 is 1.55 bits per heavy atom. The molecule has 0 radical (unpaired) electrons. The minimum atomic E-state index is -0.422. The predicted octanol–water partition coefficient (Wildman–Crippen LogP) is 1.17. The van der Waals surface area contributed by atoms with E-state index in [4.69, 9.17) is 10.5 Å². The van der Waals surface area contributed by atoms with Crippen LogP contribution in [-0.4, -0.2) is 35.5 Å². The Bertz CT molecular complexity index is 435. The number of nitriles is 2. The molecule has 1 amide bonds. The fourth-order valence-corrected chi connectivity index (χ4v) is 3.34. The van der Waals surface area contributed by atoms with E-state index < -0.39 is 12.1 Å². The minimum absolute atomic E-state index is 0.0908. The average molecular weight is 272 g/mol. The smallest absolute Gasteiger partial charge is 0.238 e. The number of hydrogen-bond donors (Lipinski definition) is 1. The largest absolute Gasteiger partial charge is 0.310 e. The topological polar surface area (TPSA) is 79.9 Å². The summed E-state index contributed by atoms with van der Waals surface area (Å²) in [4.78, 5) is 13.8. The van der Waals surface area contributed by atoms with Crippen LogP contribution in [0, 0.1) is 34.5 Å². The lowest BCUT2D eigenvalue weighted by atomic mass is 10.1. The van der Waals surface area contributed by atoms with Crippen molar-refractivity contribution in [2.45, 2.75) is 56.7 Å². The van der Waals surface area contributed by atoms with Crippen molar-refractivity contribution in [3.63, 3.8) is 0 Å². The molecule has 20 heavy (non-hydrogen) atoms. The van der Waals surface area contributed by atoms with Crippen LogP contribution in [0.3, 0.4) is 0 Å². The van der Waals surface area contributed by atoms with Gasteiger partial charge in [0.15, 0.2) is 0 Å². The summed E-state index contributed by atoms with van der Waals surface area (Å²) in [7, 11) is 0. The van der Waals surface area contributed by atoms with E-state index in [0.717, 1.165) is 11.8 Å². The third-order valence-corrected chi connectivity index (χ3v) is 4.72. The first-order valence-corrected chi connectivity index (χ1v) is 7.58. The van der Waals surface area contributed by atoms with Crippen molar-refractivity contribution in [2.24, 2.45) is 11.8 Å². The highest BCUT2D eigenvalue weighted by molar-refractivity contribution is 5.80. The maximum Gasteiger partial charge on any atom is 0.238 e. The van der Waals surface area contributed by atoms with E-state index in [0.29, 0.717) is 18.9 Å². The van der Waals surface area contributed by atoms with Gasteiger partial charge in [-0.05, 0) is 50.4 Å². The third-order valence-electron chi connectivity index (χ3n) is 4.72. The van der Waals surface area contributed by atoms with Gasteiger partial charge >= 0.3 is 0 Å². The summed E-state index contributed by atoms with van der Waals surface area (Å²) >= 11 is 0. The zero-order valence-electron chi connectivity index (χ0n) is 11.6. The Balaban J connectivity index is 1.57. The van der Waals surface area contributed by atoms with Gasteiger partial charge in [0.1, 0.15) is 12.1 Å². The Morgan fingerprint density at radius 3 is 1.95 bits per heavy atom. The molecule has 2 atom stereocenters. The number of rotatable bonds is 5. The van der Waals surface area contributed by atoms with Gasteiger partial charge in [-0.2, -0.15) is 10.5 Å². The summed E-state index contributed by atoms with van der Waals surface area (Å²) in [6, 6.07) is 3.92. The monoisotopic (exact) mass is 272 g/mol. The van der Waals surface area contributed by atoms with Gasteiger partial charge in [-0.15, -0.1) is 0 Å². The summed E-state index contributed by atoms with van der Waals surface area (Å²) in [5, 5.41) is 21.6. The molecule has 1 saturated heterocycles. The highest BCUT2D eigenvalue weighted by atomic mass is 16.2. The molecular weight excluding hydrogens is 252 g/mol. The SMILES string of the molecule is N#C[C@@H]1CC[C@H](C#N)N1C(=O)CNC(C1CC1)C1CC1. The van der Waals surface area contributed by atoms with Gasteiger partial charge in [0, 0.05) is 6.04 Å². The first kappa shape index (κ1) is 13.4. The zero-order valence-corrected chi connectivity index (χ0v) is 11.6. The summed E-state index contributed by atoms with van der Waals surface area (Å²) in [6.07, 6.45) is 6.33. The normalized spacial score (nSPS) is 29.2. The molecular formula is C15H20N4O. The second-order valence-corrected chi connectivity index (χ2v) is 6.25. The molecule has 2 aliphatic carbocycles. The summed E-state index contributed by atoms with van der Waals surface area (Å²) in [5.41, 5.74) is 0.